The zero-order valence-electron chi connectivity index (χ0n) is 10.4. The molecule has 18 heavy (non-hydrogen) atoms. The monoisotopic (exact) mass is 246 g/mol. The quantitative estimate of drug-likeness (QED) is 0.881. The van der Waals surface area contributed by atoms with Gasteiger partial charge in [0.05, 0.1) is 19.8 Å². The fourth-order valence-electron chi connectivity index (χ4n) is 3.51. The Kier molecular flexibility index (Phi) is 2.10. The number of fused-ring (bicyclic) bond motifs is 1. The zero-order chi connectivity index (χ0) is 12.2. The molecule has 0 radical (unpaired) electrons. The van der Waals surface area contributed by atoms with Gasteiger partial charge in [-0.3, -0.25) is 0 Å². The maximum Gasteiger partial charge on any atom is 0.122 e. The molecule has 3 heteroatoms. The average molecular weight is 246 g/mol. The molecule has 1 N–H and O–H groups in total. The van der Waals surface area contributed by atoms with E-state index in [1.54, 1.807) is 0 Å². The molecular formula is C15H18O3. The molecule has 0 amide bonds. The van der Waals surface area contributed by atoms with E-state index in [1.807, 2.05) is 0 Å². The minimum Gasteiger partial charge on any atom is -0.493 e. The molecule has 2 aliphatic heterocycles. The predicted octanol–water partition coefficient (Wildman–Crippen LogP) is 1.66. The van der Waals surface area contributed by atoms with Crippen molar-refractivity contribution in [2.45, 2.75) is 24.7 Å². The van der Waals surface area contributed by atoms with E-state index in [0.29, 0.717) is 0 Å². The molecule has 0 unspecified atom stereocenters. The van der Waals surface area contributed by atoms with Crippen LogP contribution in [0.4, 0.5) is 0 Å². The molecule has 4 rings (SSSR count). The van der Waals surface area contributed by atoms with Gasteiger partial charge in [0.2, 0.25) is 0 Å². The summed E-state index contributed by atoms with van der Waals surface area (Å²) < 4.78 is 11.1. The SMILES string of the molecule is OCC1(C2(c3ccc4c(c3)CCO4)COC2)CC1. The van der Waals surface area contributed by atoms with Gasteiger partial charge in [0.15, 0.2) is 0 Å². The third kappa shape index (κ3) is 1.21. The third-order valence-electron chi connectivity index (χ3n) is 5.11. The number of aliphatic hydroxyl groups is 1. The number of ether oxygens (including phenoxy) is 2. The Balaban J connectivity index is 1.77. The van der Waals surface area contributed by atoms with Crippen LogP contribution in [0.15, 0.2) is 18.2 Å². The molecule has 1 saturated heterocycles. The van der Waals surface area contributed by atoms with E-state index in [0.717, 1.165) is 44.8 Å². The number of rotatable bonds is 3. The summed E-state index contributed by atoms with van der Waals surface area (Å²) in [5.41, 5.74) is 2.79. The van der Waals surface area contributed by atoms with Crippen molar-refractivity contribution in [3.63, 3.8) is 0 Å². The number of benzene rings is 1. The van der Waals surface area contributed by atoms with Crippen molar-refractivity contribution < 1.29 is 14.6 Å². The summed E-state index contributed by atoms with van der Waals surface area (Å²) in [5.74, 6) is 1.03. The summed E-state index contributed by atoms with van der Waals surface area (Å²) in [6.45, 7) is 2.60. The lowest BCUT2D eigenvalue weighted by Crippen LogP contribution is -2.55. The number of hydrogen-bond acceptors (Lipinski definition) is 3. The lowest BCUT2D eigenvalue weighted by Gasteiger charge is -2.48. The van der Waals surface area contributed by atoms with E-state index in [9.17, 15) is 5.11 Å². The van der Waals surface area contributed by atoms with Crippen molar-refractivity contribution in [2.75, 3.05) is 26.4 Å². The van der Waals surface area contributed by atoms with Crippen LogP contribution in [0.3, 0.4) is 0 Å². The van der Waals surface area contributed by atoms with Crippen molar-refractivity contribution in [3.8, 4) is 5.75 Å². The van der Waals surface area contributed by atoms with Crippen molar-refractivity contribution in [1.82, 2.24) is 0 Å². The lowest BCUT2D eigenvalue weighted by molar-refractivity contribution is -0.110. The maximum absolute atomic E-state index is 9.73. The maximum atomic E-state index is 9.73. The fourth-order valence-corrected chi connectivity index (χ4v) is 3.51. The highest BCUT2D eigenvalue weighted by Gasteiger charge is 2.63. The van der Waals surface area contributed by atoms with Crippen LogP contribution in [-0.4, -0.2) is 31.5 Å². The smallest absolute Gasteiger partial charge is 0.122 e. The van der Waals surface area contributed by atoms with Gasteiger partial charge in [-0.1, -0.05) is 12.1 Å². The normalized spacial score (nSPS) is 26.1. The summed E-state index contributed by atoms with van der Waals surface area (Å²) in [5, 5.41) is 9.73. The van der Waals surface area contributed by atoms with E-state index in [1.165, 1.54) is 11.1 Å². The molecule has 3 nitrogen and oxygen atoms in total. The first-order valence-corrected chi connectivity index (χ1v) is 6.75. The van der Waals surface area contributed by atoms with Gasteiger partial charge in [0, 0.05) is 23.9 Å². The topological polar surface area (TPSA) is 38.7 Å². The second kappa shape index (κ2) is 3.49. The molecule has 0 atom stereocenters. The van der Waals surface area contributed by atoms with Gasteiger partial charge < -0.3 is 14.6 Å². The largest absolute Gasteiger partial charge is 0.493 e. The molecule has 1 aliphatic carbocycles. The zero-order valence-corrected chi connectivity index (χ0v) is 10.4. The Morgan fingerprint density at radius 3 is 2.67 bits per heavy atom. The van der Waals surface area contributed by atoms with E-state index in [2.05, 4.69) is 18.2 Å². The van der Waals surface area contributed by atoms with Crippen LogP contribution in [0.5, 0.6) is 5.75 Å². The lowest BCUT2D eigenvalue weighted by atomic mass is 9.66. The van der Waals surface area contributed by atoms with Gasteiger partial charge in [-0.25, -0.2) is 0 Å². The molecule has 0 bridgehead atoms. The summed E-state index contributed by atoms with van der Waals surface area (Å²) in [6, 6.07) is 6.54. The Hall–Kier alpha value is -1.06. The number of hydrogen-bond donors (Lipinski definition) is 1. The summed E-state index contributed by atoms with van der Waals surface area (Å²) in [7, 11) is 0. The molecule has 0 aromatic heterocycles. The molecule has 1 aromatic carbocycles. The first-order valence-electron chi connectivity index (χ1n) is 6.75. The third-order valence-corrected chi connectivity index (χ3v) is 5.11. The van der Waals surface area contributed by atoms with Gasteiger partial charge in [-0.2, -0.15) is 0 Å². The molecule has 1 saturated carbocycles. The van der Waals surface area contributed by atoms with Gasteiger partial charge in [-0.15, -0.1) is 0 Å². The summed E-state index contributed by atoms with van der Waals surface area (Å²) >= 11 is 0. The van der Waals surface area contributed by atoms with Crippen LogP contribution in [-0.2, 0) is 16.6 Å². The van der Waals surface area contributed by atoms with Crippen LogP contribution in [0.2, 0.25) is 0 Å². The summed E-state index contributed by atoms with van der Waals surface area (Å²) in [6.07, 6.45) is 3.26. The van der Waals surface area contributed by atoms with Crippen LogP contribution >= 0.6 is 0 Å². The van der Waals surface area contributed by atoms with Crippen LogP contribution in [0.25, 0.3) is 0 Å². The van der Waals surface area contributed by atoms with Crippen molar-refractivity contribution in [2.24, 2.45) is 5.41 Å². The molecular weight excluding hydrogens is 228 g/mol. The van der Waals surface area contributed by atoms with Gasteiger partial charge in [0.1, 0.15) is 5.75 Å². The Bertz CT molecular complexity index is 487. The minimum absolute atomic E-state index is 0.0549. The molecule has 2 heterocycles. The standard InChI is InChI=1S/C15H18O3/c16-8-14(4-5-14)15(9-17-10-15)12-1-2-13-11(7-12)3-6-18-13/h1-2,7,16H,3-6,8-10H2. The van der Waals surface area contributed by atoms with Crippen molar-refractivity contribution in [1.29, 1.82) is 0 Å². The highest BCUT2D eigenvalue weighted by molar-refractivity contribution is 5.45. The Morgan fingerprint density at radius 2 is 2.06 bits per heavy atom. The van der Waals surface area contributed by atoms with E-state index >= 15 is 0 Å². The highest BCUT2D eigenvalue weighted by atomic mass is 16.5. The molecule has 2 fully saturated rings. The first-order chi connectivity index (χ1) is 8.80. The second-order valence-corrected chi connectivity index (χ2v) is 5.93. The predicted molar refractivity (Wildman–Crippen MR) is 66.9 cm³/mol. The van der Waals surface area contributed by atoms with E-state index in [4.69, 9.17) is 9.47 Å². The Labute approximate surface area is 107 Å². The van der Waals surface area contributed by atoms with Gasteiger partial charge >= 0.3 is 0 Å². The summed E-state index contributed by atoms with van der Waals surface area (Å²) in [4.78, 5) is 0. The van der Waals surface area contributed by atoms with Crippen LogP contribution in [0.1, 0.15) is 24.0 Å². The van der Waals surface area contributed by atoms with E-state index in [-0.39, 0.29) is 17.4 Å². The molecule has 1 aromatic rings. The van der Waals surface area contributed by atoms with Gasteiger partial charge in [-0.05, 0) is 30.0 Å². The Morgan fingerprint density at radius 1 is 1.22 bits per heavy atom. The molecule has 3 aliphatic rings. The van der Waals surface area contributed by atoms with Crippen molar-refractivity contribution in [3.05, 3.63) is 29.3 Å². The molecule has 0 spiro atoms. The van der Waals surface area contributed by atoms with Crippen molar-refractivity contribution >= 4 is 0 Å². The molecule has 96 valence electrons. The number of aliphatic hydroxyl groups excluding tert-OH is 1. The van der Waals surface area contributed by atoms with E-state index < -0.39 is 0 Å². The van der Waals surface area contributed by atoms with Crippen LogP contribution in [0, 0.1) is 5.41 Å². The highest BCUT2D eigenvalue weighted by Crippen LogP contribution is 2.62. The average Bonchev–Trinajstić information content (AvgIpc) is 2.99. The van der Waals surface area contributed by atoms with Crippen LogP contribution < -0.4 is 4.74 Å². The first kappa shape index (κ1) is 10.8. The minimum atomic E-state index is 0.0549. The second-order valence-electron chi connectivity index (χ2n) is 5.93. The van der Waals surface area contributed by atoms with Gasteiger partial charge in [0.25, 0.3) is 0 Å². The fraction of sp³-hybridized carbons (Fsp3) is 0.600.